The molecule has 0 spiro atoms. The van der Waals surface area contributed by atoms with Crippen molar-refractivity contribution in [2.45, 2.75) is 12.5 Å². The van der Waals surface area contributed by atoms with Gasteiger partial charge < -0.3 is 5.11 Å². The first-order valence-corrected chi connectivity index (χ1v) is 6.08. The van der Waals surface area contributed by atoms with Crippen LogP contribution in [0, 0.1) is 5.82 Å². The second kappa shape index (κ2) is 4.95. The molecule has 84 valence electrons. The van der Waals surface area contributed by atoms with Crippen LogP contribution in [0.2, 0.25) is 5.02 Å². The smallest absolute Gasteiger partial charge is 0.126 e. The molecule has 0 fully saturated rings. The highest BCUT2D eigenvalue weighted by Crippen LogP contribution is 2.30. The minimum Gasteiger partial charge on any atom is -0.387 e. The van der Waals surface area contributed by atoms with E-state index in [1.54, 1.807) is 24.3 Å². The van der Waals surface area contributed by atoms with Crippen LogP contribution < -0.4 is 0 Å². The number of thiophene rings is 1. The molecule has 2 aromatic rings. The van der Waals surface area contributed by atoms with Crippen molar-refractivity contribution in [2.75, 3.05) is 0 Å². The second-order valence-corrected chi connectivity index (χ2v) is 4.80. The lowest BCUT2D eigenvalue weighted by molar-refractivity contribution is 0.181. The molecular formula is C12H10ClFOS. The molecule has 1 aromatic carbocycles. The van der Waals surface area contributed by atoms with E-state index in [-0.39, 0.29) is 12.2 Å². The van der Waals surface area contributed by atoms with Gasteiger partial charge in [0.1, 0.15) is 5.82 Å². The molecule has 1 aromatic heterocycles. The summed E-state index contributed by atoms with van der Waals surface area (Å²) in [5.41, 5.74) is 0.500. The van der Waals surface area contributed by atoms with Crippen LogP contribution in [0.15, 0.2) is 35.7 Å². The van der Waals surface area contributed by atoms with Crippen LogP contribution in [0.3, 0.4) is 0 Å². The van der Waals surface area contributed by atoms with Gasteiger partial charge in [-0.25, -0.2) is 4.39 Å². The Bertz CT molecular complexity index is 483. The third-order valence-electron chi connectivity index (χ3n) is 2.32. The average molecular weight is 257 g/mol. The third-order valence-corrected chi connectivity index (χ3v) is 3.78. The van der Waals surface area contributed by atoms with Crippen LogP contribution >= 0.6 is 22.9 Å². The standard InChI is InChI=1S/C12H10ClFOS/c13-9-5-6-16-12(9)11(15)7-8-3-1-2-4-10(8)14/h1-6,11,15H,7H2. The molecule has 16 heavy (non-hydrogen) atoms. The van der Waals surface area contributed by atoms with Crippen molar-refractivity contribution in [3.63, 3.8) is 0 Å². The zero-order valence-corrected chi connectivity index (χ0v) is 9.93. The fourth-order valence-corrected chi connectivity index (χ4v) is 2.68. The predicted molar refractivity (Wildman–Crippen MR) is 64.4 cm³/mol. The van der Waals surface area contributed by atoms with Gasteiger partial charge in [0.15, 0.2) is 0 Å². The number of hydrogen-bond donors (Lipinski definition) is 1. The quantitative estimate of drug-likeness (QED) is 0.885. The van der Waals surface area contributed by atoms with Crippen LogP contribution in [-0.4, -0.2) is 5.11 Å². The molecule has 0 saturated carbocycles. The summed E-state index contributed by atoms with van der Waals surface area (Å²) in [6, 6.07) is 8.16. The molecule has 0 radical (unpaired) electrons. The van der Waals surface area contributed by atoms with Crippen molar-refractivity contribution in [3.8, 4) is 0 Å². The van der Waals surface area contributed by atoms with Crippen LogP contribution in [0.1, 0.15) is 16.5 Å². The van der Waals surface area contributed by atoms with E-state index in [0.717, 1.165) is 0 Å². The van der Waals surface area contributed by atoms with E-state index in [0.29, 0.717) is 15.5 Å². The van der Waals surface area contributed by atoms with Crippen LogP contribution in [0.25, 0.3) is 0 Å². The van der Waals surface area contributed by atoms with Gasteiger partial charge in [-0.2, -0.15) is 0 Å². The van der Waals surface area contributed by atoms with Gasteiger partial charge in [-0.3, -0.25) is 0 Å². The summed E-state index contributed by atoms with van der Waals surface area (Å²) in [6.07, 6.45) is -0.503. The first kappa shape index (κ1) is 11.6. The Morgan fingerprint density at radius 3 is 2.69 bits per heavy atom. The summed E-state index contributed by atoms with van der Waals surface area (Å²) in [5, 5.41) is 12.3. The van der Waals surface area contributed by atoms with E-state index in [1.165, 1.54) is 17.4 Å². The van der Waals surface area contributed by atoms with Crippen molar-refractivity contribution >= 4 is 22.9 Å². The normalized spacial score (nSPS) is 12.7. The van der Waals surface area contributed by atoms with Gasteiger partial charge in [0.2, 0.25) is 0 Å². The summed E-state index contributed by atoms with van der Waals surface area (Å²) in [6.45, 7) is 0. The maximum Gasteiger partial charge on any atom is 0.126 e. The molecule has 0 aliphatic rings. The van der Waals surface area contributed by atoms with Crippen molar-refractivity contribution < 1.29 is 9.50 Å². The maximum atomic E-state index is 13.4. The Morgan fingerprint density at radius 2 is 2.06 bits per heavy atom. The number of halogens is 2. The molecule has 0 saturated heterocycles. The first-order valence-electron chi connectivity index (χ1n) is 4.83. The maximum absolute atomic E-state index is 13.4. The Labute approximate surface area is 102 Å². The fraction of sp³-hybridized carbons (Fsp3) is 0.167. The molecule has 4 heteroatoms. The SMILES string of the molecule is OC(Cc1ccccc1F)c1sccc1Cl. The molecule has 1 heterocycles. The first-order chi connectivity index (χ1) is 7.68. The van der Waals surface area contributed by atoms with Crippen molar-refractivity contribution in [1.82, 2.24) is 0 Å². The summed E-state index contributed by atoms with van der Waals surface area (Å²) < 4.78 is 13.4. The average Bonchev–Trinajstić information content (AvgIpc) is 2.68. The van der Waals surface area contributed by atoms with E-state index in [2.05, 4.69) is 0 Å². The minimum absolute atomic E-state index is 0.243. The molecule has 0 aliphatic carbocycles. The Kier molecular flexibility index (Phi) is 3.59. The van der Waals surface area contributed by atoms with Gasteiger partial charge in [-0.1, -0.05) is 29.8 Å². The molecule has 1 atom stereocenters. The molecule has 1 nitrogen and oxygen atoms in total. The van der Waals surface area contributed by atoms with E-state index in [4.69, 9.17) is 11.6 Å². The molecule has 1 N–H and O–H groups in total. The van der Waals surface area contributed by atoms with Gasteiger partial charge in [0.25, 0.3) is 0 Å². The summed E-state index contributed by atoms with van der Waals surface area (Å²) >= 11 is 7.28. The molecule has 0 bridgehead atoms. The van der Waals surface area contributed by atoms with Gasteiger partial charge >= 0.3 is 0 Å². The summed E-state index contributed by atoms with van der Waals surface area (Å²) in [7, 11) is 0. The number of aliphatic hydroxyl groups is 1. The number of rotatable bonds is 3. The largest absolute Gasteiger partial charge is 0.387 e. The highest BCUT2D eigenvalue weighted by Gasteiger charge is 2.15. The van der Waals surface area contributed by atoms with E-state index >= 15 is 0 Å². The number of hydrogen-bond acceptors (Lipinski definition) is 2. The van der Waals surface area contributed by atoms with Crippen molar-refractivity contribution in [2.24, 2.45) is 0 Å². The second-order valence-electron chi connectivity index (χ2n) is 3.44. The molecule has 0 amide bonds. The summed E-state index contributed by atoms with van der Waals surface area (Å²) in [4.78, 5) is 0.685. The van der Waals surface area contributed by atoms with E-state index in [9.17, 15) is 9.50 Å². The number of aliphatic hydroxyl groups excluding tert-OH is 1. The highest BCUT2D eigenvalue weighted by atomic mass is 35.5. The third kappa shape index (κ3) is 2.43. The van der Waals surface area contributed by atoms with Crippen molar-refractivity contribution in [1.29, 1.82) is 0 Å². The van der Waals surface area contributed by atoms with E-state index < -0.39 is 6.10 Å². The lowest BCUT2D eigenvalue weighted by atomic mass is 10.1. The minimum atomic E-state index is -0.746. The predicted octanol–water partition coefficient (Wildman–Crippen LogP) is 3.82. The number of benzene rings is 1. The van der Waals surface area contributed by atoms with Gasteiger partial charge in [-0.15, -0.1) is 11.3 Å². The lowest BCUT2D eigenvalue weighted by Crippen LogP contribution is -2.02. The topological polar surface area (TPSA) is 20.2 Å². The Balaban J connectivity index is 2.17. The molecular weight excluding hydrogens is 247 g/mol. The Morgan fingerprint density at radius 1 is 1.31 bits per heavy atom. The van der Waals surface area contributed by atoms with Gasteiger partial charge in [-0.05, 0) is 23.1 Å². The fourth-order valence-electron chi connectivity index (χ4n) is 1.51. The van der Waals surface area contributed by atoms with Crippen LogP contribution in [0.4, 0.5) is 4.39 Å². The lowest BCUT2D eigenvalue weighted by Gasteiger charge is -2.09. The van der Waals surface area contributed by atoms with Gasteiger partial charge in [0.05, 0.1) is 16.0 Å². The van der Waals surface area contributed by atoms with Crippen LogP contribution in [0.5, 0.6) is 0 Å². The Hall–Kier alpha value is -0.900. The molecule has 1 unspecified atom stereocenters. The molecule has 2 rings (SSSR count). The van der Waals surface area contributed by atoms with E-state index in [1.807, 2.05) is 5.38 Å². The van der Waals surface area contributed by atoms with Crippen molar-refractivity contribution in [3.05, 3.63) is 57.0 Å². The summed E-state index contributed by atoms with van der Waals surface area (Å²) in [5.74, 6) is -0.297. The highest BCUT2D eigenvalue weighted by molar-refractivity contribution is 7.10. The zero-order valence-electron chi connectivity index (χ0n) is 8.36. The van der Waals surface area contributed by atoms with Gasteiger partial charge in [0, 0.05) is 6.42 Å². The molecule has 0 aliphatic heterocycles. The zero-order chi connectivity index (χ0) is 11.5. The van der Waals surface area contributed by atoms with Crippen LogP contribution in [-0.2, 0) is 6.42 Å². The monoisotopic (exact) mass is 256 g/mol.